The minimum Gasteiger partial charge on any atom is -0.379 e. The van der Waals surface area contributed by atoms with Crippen molar-refractivity contribution in [3.63, 3.8) is 0 Å². The third-order valence-electron chi connectivity index (χ3n) is 3.76. The Morgan fingerprint density at radius 1 is 1.39 bits per heavy atom. The van der Waals surface area contributed by atoms with Gasteiger partial charge in [-0.15, -0.1) is 35.3 Å². The number of guanidine groups is 1. The maximum atomic E-state index is 5.39. The van der Waals surface area contributed by atoms with Crippen molar-refractivity contribution in [2.24, 2.45) is 10.9 Å². The van der Waals surface area contributed by atoms with Gasteiger partial charge in [0, 0.05) is 44.6 Å². The summed E-state index contributed by atoms with van der Waals surface area (Å²) >= 11 is 1.80. The van der Waals surface area contributed by atoms with Crippen molar-refractivity contribution in [3.05, 3.63) is 22.4 Å². The van der Waals surface area contributed by atoms with Crippen LogP contribution in [0.15, 0.2) is 22.5 Å². The molecule has 0 spiro atoms. The summed E-state index contributed by atoms with van der Waals surface area (Å²) in [6.07, 6.45) is 1.04. The van der Waals surface area contributed by atoms with Crippen molar-refractivity contribution in [3.8, 4) is 0 Å². The number of ether oxygens (including phenoxy) is 1. The first-order chi connectivity index (χ1) is 10.8. The second kappa shape index (κ2) is 12.0. The van der Waals surface area contributed by atoms with E-state index in [1.807, 2.05) is 7.05 Å². The van der Waals surface area contributed by atoms with Crippen LogP contribution in [0, 0.1) is 5.92 Å². The van der Waals surface area contributed by atoms with Crippen molar-refractivity contribution >= 4 is 41.3 Å². The van der Waals surface area contributed by atoms with Gasteiger partial charge in [0.1, 0.15) is 0 Å². The predicted octanol–water partition coefficient (Wildman–Crippen LogP) is 2.04. The largest absolute Gasteiger partial charge is 0.379 e. The SMILES string of the molecule is CN=C(NCCc1cccs1)NCC(C)CN1CCOCC1.I. The van der Waals surface area contributed by atoms with Crippen LogP contribution in [0.5, 0.6) is 0 Å². The van der Waals surface area contributed by atoms with Crippen molar-refractivity contribution in [1.29, 1.82) is 0 Å². The topological polar surface area (TPSA) is 48.9 Å². The maximum Gasteiger partial charge on any atom is 0.190 e. The van der Waals surface area contributed by atoms with E-state index in [-0.39, 0.29) is 24.0 Å². The lowest BCUT2D eigenvalue weighted by Gasteiger charge is -2.29. The van der Waals surface area contributed by atoms with E-state index in [2.05, 4.69) is 45.0 Å². The average molecular weight is 452 g/mol. The third kappa shape index (κ3) is 8.32. The van der Waals surface area contributed by atoms with Gasteiger partial charge in [-0.05, 0) is 23.8 Å². The lowest BCUT2D eigenvalue weighted by molar-refractivity contribution is 0.0320. The Labute approximate surface area is 160 Å². The summed E-state index contributed by atoms with van der Waals surface area (Å²) < 4.78 is 5.39. The summed E-state index contributed by atoms with van der Waals surface area (Å²) in [5, 5.41) is 8.92. The van der Waals surface area contributed by atoms with E-state index < -0.39 is 0 Å². The summed E-state index contributed by atoms with van der Waals surface area (Å²) in [5.74, 6) is 1.49. The molecule has 1 aromatic rings. The van der Waals surface area contributed by atoms with Crippen molar-refractivity contribution < 1.29 is 4.74 Å². The molecule has 132 valence electrons. The molecule has 2 rings (SSSR count). The molecule has 2 heterocycles. The fourth-order valence-electron chi connectivity index (χ4n) is 2.54. The van der Waals surface area contributed by atoms with Crippen LogP contribution in [0.1, 0.15) is 11.8 Å². The van der Waals surface area contributed by atoms with Gasteiger partial charge in [-0.25, -0.2) is 0 Å². The number of hydrogen-bond donors (Lipinski definition) is 2. The Morgan fingerprint density at radius 2 is 2.17 bits per heavy atom. The number of nitrogens with one attached hydrogen (secondary N) is 2. The van der Waals surface area contributed by atoms with Crippen molar-refractivity contribution in [1.82, 2.24) is 15.5 Å². The maximum absolute atomic E-state index is 5.39. The highest BCUT2D eigenvalue weighted by molar-refractivity contribution is 14.0. The van der Waals surface area contributed by atoms with E-state index in [4.69, 9.17) is 4.74 Å². The standard InChI is InChI=1S/C16H28N4OS.HI/c1-14(13-20-7-9-21-10-8-20)12-19-16(17-2)18-6-5-15-4-3-11-22-15;/h3-4,11,14H,5-10,12-13H2,1-2H3,(H2,17,18,19);1H. The molecule has 1 aliphatic rings. The number of hydrogen-bond acceptors (Lipinski definition) is 4. The quantitative estimate of drug-likeness (QED) is 0.378. The lowest BCUT2D eigenvalue weighted by Crippen LogP contribution is -2.44. The van der Waals surface area contributed by atoms with Crippen LogP contribution in [0.3, 0.4) is 0 Å². The second-order valence-electron chi connectivity index (χ2n) is 5.73. The molecular formula is C16H29IN4OS. The van der Waals surface area contributed by atoms with Crippen LogP contribution in [-0.4, -0.2) is 63.8 Å². The van der Waals surface area contributed by atoms with E-state index in [1.54, 1.807) is 11.3 Å². The first-order valence-corrected chi connectivity index (χ1v) is 8.93. The van der Waals surface area contributed by atoms with Crippen LogP contribution < -0.4 is 10.6 Å². The molecular weight excluding hydrogens is 423 g/mol. The van der Waals surface area contributed by atoms with Crippen LogP contribution in [0.25, 0.3) is 0 Å². The van der Waals surface area contributed by atoms with Gasteiger partial charge in [0.05, 0.1) is 13.2 Å². The Balaban J connectivity index is 0.00000264. The van der Waals surface area contributed by atoms with Gasteiger partial charge in [-0.2, -0.15) is 0 Å². The Kier molecular flexibility index (Phi) is 10.8. The van der Waals surface area contributed by atoms with Crippen LogP contribution in [-0.2, 0) is 11.2 Å². The van der Waals surface area contributed by atoms with Gasteiger partial charge < -0.3 is 15.4 Å². The third-order valence-corrected chi connectivity index (χ3v) is 4.70. The molecule has 0 amide bonds. The Morgan fingerprint density at radius 3 is 2.83 bits per heavy atom. The fourth-order valence-corrected chi connectivity index (χ4v) is 3.25. The summed E-state index contributed by atoms with van der Waals surface area (Å²) in [6.45, 7) is 9.09. The van der Waals surface area contributed by atoms with Gasteiger partial charge in [-0.3, -0.25) is 9.89 Å². The van der Waals surface area contributed by atoms with E-state index in [0.29, 0.717) is 5.92 Å². The minimum absolute atomic E-state index is 0. The minimum atomic E-state index is 0. The van der Waals surface area contributed by atoms with Gasteiger partial charge in [0.2, 0.25) is 0 Å². The molecule has 1 atom stereocenters. The zero-order chi connectivity index (χ0) is 15.6. The summed E-state index contributed by atoms with van der Waals surface area (Å²) in [4.78, 5) is 8.17. The Hall–Kier alpha value is -0.380. The number of nitrogens with zero attached hydrogens (tertiary/aromatic N) is 2. The van der Waals surface area contributed by atoms with E-state index >= 15 is 0 Å². The number of morpholine rings is 1. The van der Waals surface area contributed by atoms with Gasteiger partial charge in [-0.1, -0.05) is 13.0 Å². The molecule has 0 radical (unpaired) electrons. The highest BCUT2D eigenvalue weighted by Gasteiger charge is 2.13. The highest BCUT2D eigenvalue weighted by Crippen LogP contribution is 2.08. The molecule has 2 N–H and O–H groups in total. The van der Waals surface area contributed by atoms with Gasteiger partial charge in [0.25, 0.3) is 0 Å². The van der Waals surface area contributed by atoms with Crippen molar-refractivity contribution in [2.75, 3.05) is 53.0 Å². The molecule has 7 heteroatoms. The molecule has 0 aromatic carbocycles. The number of halogens is 1. The molecule has 1 fully saturated rings. The van der Waals surface area contributed by atoms with Crippen LogP contribution in [0.4, 0.5) is 0 Å². The average Bonchev–Trinajstić information content (AvgIpc) is 3.05. The summed E-state index contributed by atoms with van der Waals surface area (Å²) in [7, 11) is 1.83. The van der Waals surface area contributed by atoms with Gasteiger partial charge in [0.15, 0.2) is 5.96 Å². The molecule has 5 nitrogen and oxygen atoms in total. The Bertz CT molecular complexity index is 435. The number of thiophene rings is 1. The smallest absolute Gasteiger partial charge is 0.190 e. The molecule has 0 bridgehead atoms. The van der Waals surface area contributed by atoms with Gasteiger partial charge >= 0.3 is 0 Å². The molecule has 0 saturated carbocycles. The molecule has 1 aromatic heterocycles. The highest BCUT2D eigenvalue weighted by atomic mass is 127. The summed E-state index contributed by atoms with van der Waals surface area (Å²) in [6, 6.07) is 4.27. The zero-order valence-corrected chi connectivity index (χ0v) is 17.2. The van der Waals surface area contributed by atoms with Crippen LogP contribution in [0.2, 0.25) is 0 Å². The zero-order valence-electron chi connectivity index (χ0n) is 14.1. The molecule has 1 aliphatic heterocycles. The lowest BCUT2D eigenvalue weighted by atomic mass is 10.1. The molecule has 0 aliphatic carbocycles. The molecule has 23 heavy (non-hydrogen) atoms. The number of rotatable bonds is 7. The number of aliphatic imine (C=N–C) groups is 1. The van der Waals surface area contributed by atoms with Crippen LogP contribution >= 0.6 is 35.3 Å². The van der Waals surface area contributed by atoms with Crippen molar-refractivity contribution in [2.45, 2.75) is 13.3 Å². The molecule has 1 saturated heterocycles. The van der Waals surface area contributed by atoms with E-state index in [0.717, 1.165) is 58.3 Å². The monoisotopic (exact) mass is 452 g/mol. The fraction of sp³-hybridized carbons (Fsp3) is 0.688. The normalized spacial score (nSPS) is 17.4. The van der Waals surface area contributed by atoms with E-state index in [9.17, 15) is 0 Å². The van der Waals surface area contributed by atoms with E-state index in [1.165, 1.54) is 4.88 Å². The summed E-state index contributed by atoms with van der Waals surface area (Å²) in [5.41, 5.74) is 0. The predicted molar refractivity (Wildman–Crippen MR) is 109 cm³/mol. The molecule has 1 unspecified atom stereocenters. The second-order valence-corrected chi connectivity index (χ2v) is 6.76. The first kappa shape index (κ1) is 20.7. The first-order valence-electron chi connectivity index (χ1n) is 8.05.